The summed E-state index contributed by atoms with van der Waals surface area (Å²) in [6.07, 6.45) is 5.79. The van der Waals surface area contributed by atoms with E-state index in [1.54, 1.807) is 17.1 Å². The normalized spacial score (nSPS) is 11.5. The van der Waals surface area contributed by atoms with Crippen LogP contribution < -0.4 is 11.1 Å². The Morgan fingerprint density at radius 1 is 1.50 bits per heavy atom. The van der Waals surface area contributed by atoms with Gasteiger partial charge in [0.15, 0.2) is 0 Å². The van der Waals surface area contributed by atoms with Crippen molar-refractivity contribution in [1.29, 1.82) is 0 Å². The molecule has 0 aliphatic heterocycles. The summed E-state index contributed by atoms with van der Waals surface area (Å²) in [6, 6.07) is 0. The molecule has 18 heavy (non-hydrogen) atoms. The van der Waals surface area contributed by atoms with Crippen LogP contribution in [0.2, 0.25) is 0 Å². The first-order valence-electron chi connectivity index (χ1n) is 6.41. The highest BCUT2D eigenvalue weighted by molar-refractivity contribution is 5.75. The third-order valence-electron chi connectivity index (χ3n) is 2.64. The van der Waals surface area contributed by atoms with Gasteiger partial charge in [-0.2, -0.15) is 5.10 Å². The van der Waals surface area contributed by atoms with E-state index >= 15 is 0 Å². The second-order valence-electron chi connectivity index (χ2n) is 5.80. The molecule has 0 saturated heterocycles. The maximum Gasteiger partial charge on any atom is 0.220 e. The number of nitrogen functional groups attached to an aromatic ring is 1. The molecule has 0 radical (unpaired) electrons. The summed E-state index contributed by atoms with van der Waals surface area (Å²) in [7, 11) is 0. The minimum absolute atomic E-state index is 0.130. The highest BCUT2D eigenvalue weighted by atomic mass is 16.1. The molecule has 1 heterocycles. The van der Waals surface area contributed by atoms with Gasteiger partial charge in [0.05, 0.1) is 11.9 Å². The Labute approximate surface area is 109 Å². The molecule has 0 unspecified atom stereocenters. The van der Waals surface area contributed by atoms with Crippen LogP contribution in [0, 0.1) is 5.41 Å². The predicted octanol–water partition coefficient (Wildman–Crippen LogP) is 1.80. The molecule has 0 atom stereocenters. The topological polar surface area (TPSA) is 72.9 Å². The molecule has 0 spiro atoms. The maximum atomic E-state index is 11.6. The summed E-state index contributed by atoms with van der Waals surface area (Å²) in [5.74, 6) is 0.130. The lowest BCUT2D eigenvalue weighted by Crippen LogP contribution is -2.26. The van der Waals surface area contributed by atoms with Gasteiger partial charge in [0.2, 0.25) is 5.91 Å². The molecule has 1 aromatic heterocycles. The second kappa shape index (κ2) is 6.42. The Kier molecular flexibility index (Phi) is 5.19. The minimum atomic E-state index is 0.130. The second-order valence-corrected chi connectivity index (χ2v) is 5.80. The first-order valence-corrected chi connectivity index (χ1v) is 6.41. The number of hydrogen-bond donors (Lipinski definition) is 2. The zero-order valence-corrected chi connectivity index (χ0v) is 11.6. The number of rotatable bonds is 6. The van der Waals surface area contributed by atoms with Gasteiger partial charge in [-0.3, -0.25) is 9.48 Å². The summed E-state index contributed by atoms with van der Waals surface area (Å²) in [4.78, 5) is 11.6. The molecule has 0 aliphatic carbocycles. The van der Waals surface area contributed by atoms with Crippen molar-refractivity contribution in [3.05, 3.63) is 12.4 Å². The summed E-state index contributed by atoms with van der Waals surface area (Å²) in [5, 5.41) is 7.00. The Morgan fingerprint density at radius 3 is 2.78 bits per heavy atom. The van der Waals surface area contributed by atoms with E-state index in [0.717, 1.165) is 19.4 Å². The number of amides is 1. The van der Waals surface area contributed by atoms with E-state index < -0.39 is 0 Å². The van der Waals surface area contributed by atoms with Crippen LogP contribution in [0.5, 0.6) is 0 Å². The molecule has 0 fully saturated rings. The monoisotopic (exact) mass is 252 g/mol. The number of nitrogens with two attached hydrogens (primary N) is 1. The van der Waals surface area contributed by atoms with Gasteiger partial charge in [0, 0.05) is 25.7 Å². The molecule has 3 N–H and O–H groups in total. The van der Waals surface area contributed by atoms with Crippen molar-refractivity contribution < 1.29 is 4.79 Å². The molecule has 5 heteroatoms. The van der Waals surface area contributed by atoms with E-state index in [0.29, 0.717) is 18.7 Å². The van der Waals surface area contributed by atoms with Crippen LogP contribution in [0.25, 0.3) is 0 Å². The molecule has 1 amide bonds. The van der Waals surface area contributed by atoms with Gasteiger partial charge in [-0.05, 0) is 18.3 Å². The summed E-state index contributed by atoms with van der Waals surface area (Å²) < 4.78 is 1.79. The lowest BCUT2D eigenvalue weighted by molar-refractivity contribution is -0.121. The number of nitrogens with one attached hydrogen (secondary N) is 1. The molecule has 0 saturated carbocycles. The molecule has 5 nitrogen and oxygen atoms in total. The fourth-order valence-electron chi connectivity index (χ4n) is 1.55. The Bertz CT molecular complexity index is 379. The summed E-state index contributed by atoms with van der Waals surface area (Å²) in [5.41, 5.74) is 6.44. The van der Waals surface area contributed by atoms with Crippen molar-refractivity contribution in [2.24, 2.45) is 5.41 Å². The Balaban J connectivity index is 2.09. The number of anilines is 1. The fraction of sp³-hybridized carbons (Fsp3) is 0.692. The lowest BCUT2D eigenvalue weighted by atomic mass is 9.90. The van der Waals surface area contributed by atoms with Crippen molar-refractivity contribution in [1.82, 2.24) is 15.1 Å². The van der Waals surface area contributed by atoms with E-state index in [2.05, 4.69) is 31.2 Å². The van der Waals surface area contributed by atoms with Crippen LogP contribution in [0.3, 0.4) is 0 Å². The van der Waals surface area contributed by atoms with Gasteiger partial charge in [-0.15, -0.1) is 0 Å². The molecular formula is C13H24N4O. The fourth-order valence-corrected chi connectivity index (χ4v) is 1.55. The molecule has 1 rings (SSSR count). The van der Waals surface area contributed by atoms with E-state index in [1.165, 1.54) is 0 Å². The third kappa shape index (κ3) is 6.27. The van der Waals surface area contributed by atoms with Gasteiger partial charge in [0.25, 0.3) is 0 Å². The van der Waals surface area contributed by atoms with E-state index in [4.69, 9.17) is 5.73 Å². The molecule has 102 valence electrons. The number of hydrogen-bond acceptors (Lipinski definition) is 3. The Hall–Kier alpha value is -1.52. The molecule has 0 aliphatic rings. The number of carbonyl (C=O) groups is 1. The first-order chi connectivity index (χ1) is 8.37. The first kappa shape index (κ1) is 14.5. The highest BCUT2D eigenvalue weighted by Gasteiger charge is 2.12. The number of aryl methyl sites for hydroxylation is 1. The average molecular weight is 252 g/mol. The predicted molar refractivity (Wildman–Crippen MR) is 73.0 cm³/mol. The largest absolute Gasteiger partial charge is 0.396 e. The highest BCUT2D eigenvalue weighted by Crippen LogP contribution is 2.20. The molecule has 1 aromatic rings. The zero-order chi connectivity index (χ0) is 13.6. The lowest BCUT2D eigenvalue weighted by Gasteiger charge is -2.17. The van der Waals surface area contributed by atoms with Crippen molar-refractivity contribution in [3.63, 3.8) is 0 Å². The smallest absolute Gasteiger partial charge is 0.220 e. The number of aromatic nitrogens is 2. The zero-order valence-electron chi connectivity index (χ0n) is 11.6. The molecule has 0 aromatic carbocycles. The van der Waals surface area contributed by atoms with Gasteiger partial charge in [-0.25, -0.2) is 0 Å². The van der Waals surface area contributed by atoms with Crippen LogP contribution in [0.4, 0.5) is 5.69 Å². The quantitative estimate of drug-likeness (QED) is 0.758. The van der Waals surface area contributed by atoms with Crippen LogP contribution in [-0.2, 0) is 11.3 Å². The average Bonchev–Trinajstić information content (AvgIpc) is 2.67. The van der Waals surface area contributed by atoms with Crippen LogP contribution >= 0.6 is 0 Å². The third-order valence-corrected chi connectivity index (χ3v) is 2.64. The van der Waals surface area contributed by atoms with Crippen molar-refractivity contribution in [2.75, 3.05) is 12.3 Å². The van der Waals surface area contributed by atoms with Gasteiger partial charge in [0.1, 0.15) is 0 Å². The van der Waals surface area contributed by atoms with Crippen molar-refractivity contribution in [3.8, 4) is 0 Å². The van der Waals surface area contributed by atoms with Crippen LogP contribution in [-0.4, -0.2) is 22.2 Å². The number of nitrogens with zero attached hydrogens (tertiary/aromatic N) is 2. The van der Waals surface area contributed by atoms with Gasteiger partial charge < -0.3 is 11.1 Å². The summed E-state index contributed by atoms with van der Waals surface area (Å²) in [6.45, 7) is 7.88. The van der Waals surface area contributed by atoms with E-state index in [9.17, 15) is 4.79 Å². The standard InChI is InChI=1S/C13H24N4O/c1-13(2,3)6-5-12(18)15-7-4-8-17-10-11(14)9-16-17/h9-10H,4-8,14H2,1-3H3,(H,15,18). The minimum Gasteiger partial charge on any atom is -0.396 e. The van der Waals surface area contributed by atoms with Crippen LogP contribution in [0.1, 0.15) is 40.0 Å². The van der Waals surface area contributed by atoms with Crippen LogP contribution in [0.15, 0.2) is 12.4 Å². The maximum absolute atomic E-state index is 11.6. The van der Waals surface area contributed by atoms with Gasteiger partial charge >= 0.3 is 0 Å². The number of carbonyl (C=O) groups excluding carboxylic acids is 1. The van der Waals surface area contributed by atoms with Crippen molar-refractivity contribution >= 4 is 11.6 Å². The molecular weight excluding hydrogens is 228 g/mol. The van der Waals surface area contributed by atoms with Crippen molar-refractivity contribution in [2.45, 2.75) is 46.6 Å². The van der Waals surface area contributed by atoms with E-state index in [1.807, 2.05) is 0 Å². The summed E-state index contributed by atoms with van der Waals surface area (Å²) >= 11 is 0. The molecule has 0 bridgehead atoms. The van der Waals surface area contributed by atoms with E-state index in [-0.39, 0.29) is 11.3 Å². The SMILES string of the molecule is CC(C)(C)CCC(=O)NCCCn1cc(N)cn1. The van der Waals surface area contributed by atoms with Gasteiger partial charge in [-0.1, -0.05) is 20.8 Å². The Morgan fingerprint density at radius 2 is 2.22 bits per heavy atom.